The Morgan fingerprint density at radius 3 is 2.33 bits per heavy atom. The van der Waals surface area contributed by atoms with E-state index >= 15 is 0 Å². The number of carbonyl (C=O) groups is 2. The molecule has 0 saturated carbocycles. The third-order valence-electron chi connectivity index (χ3n) is 1.54. The highest BCUT2D eigenvalue weighted by atomic mass is 79.9. The molecule has 0 saturated heterocycles. The largest absolute Gasteiger partial charge is 0.299 e. The molecular weight excluding hydrogens is 297 g/mol. The lowest BCUT2D eigenvalue weighted by molar-refractivity contribution is -0.132. The van der Waals surface area contributed by atoms with Gasteiger partial charge in [0.1, 0.15) is 0 Å². The zero-order chi connectivity index (χ0) is 11.6. The first-order valence-corrected chi connectivity index (χ1v) is 5.35. The maximum absolute atomic E-state index is 13.0. The Morgan fingerprint density at radius 2 is 1.93 bits per heavy atom. The maximum atomic E-state index is 13.0. The molecule has 1 heterocycles. The van der Waals surface area contributed by atoms with Gasteiger partial charge in [0.15, 0.2) is 0 Å². The van der Waals surface area contributed by atoms with E-state index in [-0.39, 0.29) is 4.88 Å². The number of hydrogen-bond donors (Lipinski definition) is 0. The van der Waals surface area contributed by atoms with Crippen molar-refractivity contribution in [3.63, 3.8) is 0 Å². The van der Waals surface area contributed by atoms with Crippen LogP contribution in [0.5, 0.6) is 0 Å². The van der Waals surface area contributed by atoms with Gasteiger partial charge in [0.05, 0.1) is 4.88 Å². The summed E-state index contributed by atoms with van der Waals surface area (Å²) in [6.45, 7) is 0. The summed E-state index contributed by atoms with van der Waals surface area (Å²) in [5.74, 6) is -3.23. The fourth-order valence-corrected chi connectivity index (χ4v) is 2.35. The number of halogens is 4. The number of Topliss-reactive ketones (excluding diaryl/α,β-unsaturated/α-hetero) is 2. The Hall–Kier alpha value is -0.690. The number of ketones is 2. The average molecular weight is 301 g/mol. The molecule has 1 rings (SSSR count). The molecule has 15 heavy (non-hydrogen) atoms. The first-order valence-electron chi connectivity index (χ1n) is 3.68. The van der Waals surface area contributed by atoms with Crippen molar-refractivity contribution in [1.29, 1.82) is 0 Å². The summed E-state index contributed by atoms with van der Waals surface area (Å²) >= 11 is 3.83. The van der Waals surface area contributed by atoms with Gasteiger partial charge in [0.25, 0.3) is 6.43 Å². The first kappa shape index (κ1) is 12.4. The van der Waals surface area contributed by atoms with E-state index in [0.29, 0.717) is 4.47 Å². The summed E-state index contributed by atoms with van der Waals surface area (Å²) in [5, 5.41) is 1.48. The van der Waals surface area contributed by atoms with E-state index < -0.39 is 24.2 Å². The van der Waals surface area contributed by atoms with Crippen molar-refractivity contribution in [2.24, 2.45) is 0 Å². The van der Waals surface area contributed by atoms with Gasteiger partial charge in [-0.05, 0) is 27.4 Å². The van der Waals surface area contributed by atoms with Gasteiger partial charge < -0.3 is 0 Å². The van der Waals surface area contributed by atoms with Crippen molar-refractivity contribution < 1.29 is 22.8 Å². The van der Waals surface area contributed by atoms with Crippen LogP contribution in [0.4, 0.5) is 13.2 Å². The van der Waals surface area contributed by atoms with Crippen molar-refractivity contribution in [1.82, 2.24) is 0 Å². The van der Waals surface area contributed by atoms with Crippen LogP contribution < -0.4 is 0 Å². The minimum Gasteiger partial charge on any atom is -0.289 e. The van der Waals surface area contributed by atoms with Crippen LogP contribution in [-0.2, 0) is 4.79 Å². The van der Waals surface area contributed by atoms with Crippen LogP contribution in [-0.4, -0.2) is 24.2 Å². The van der Waals surface area contributed by atoms with E-state index in [0.717, 1.165) is 11.3 Å². The molecule has 7 heteroatoms. The van der Waals surface area contributed by atoms with Crippen LogP contribution in [0.1, 0.15) is 9.67 Å². The van der Waals surface area contributed by atoms with Crippen molar-refractivity contribution in [3.05, 3.63) is 20.8 Å². The Labute approximate surface area is 95.2 Å². The number of hydrogen-bond acceptors (Lipinski definition) is 3. The van der Waals surface area contributed by atoms with E-state index in [1.807, 2.05) is 0 Å². The first-order chi connectivity index (χ1) is 6.95. The molecule has 0 aliphatic heterocycles. The van der Waals surface area contributed by atoms with E-state index in [1.165, 1.54) is 11.4 Å². The van der Waals surface area contributed by atoms with Crippen LogP contribution in [0.15, 0.2) is 15.9 Å². The van der Waals surface area contributed by atoms with Crippen LogP contribution in [0.3, 0.4) is 0 Å². The van der Waals surface area contributed by atoms with Crippen LogP contribution in [0.2, 0.25) is 0 Å². The predicted octanol–water partition coefficient (Wildman–Crippen LogP) is 2.87. The lowest BCUT2D eigenvalue weighted by Crippen LogP contribution is -2.30. The molecule has 0 fully saturated rings. The molecular formula is C8H4BrF3O2S. The lowest BCUT2D eigenvalue weighted by atomic mass is 10.1. The molecule has 0 N–H and O–H groups in total. The number of thiophene rings is 1. The fraction of sp³-hybridized carbons (Fsp3) is 0.250. The molecule has 0 bridgehead atoms. The normalized spacial score (nSPS) is 12.9. The van der Waals surface area contributed by atoms with Gasteiger partial charge in [-0.25, -0.2) is 13.2 Å². The summed E-state index contributed by atoms with van der Waals surface area (Å²) in [6.07, 6.45) is -6.26. The molecule has 1 atom stereocenters. The van der Waals surface area contributed by atoms with Crippen molar-refractivity contribution >= 4 is 38.8 Å². The second kappa shape index (κ2) is 4.89. The standard InChI is InChI=1S/C8H4BrF3O2S/c9-3-1-2-15-7(3)5(13)4(10)6(14)8(11)12/h1-2,4,8H. The van der Waals surface area contributed by atoms with Crippen molar-refractivity contribution in [3.8, 4) is 0 Å². The second-order valence-corrected chi connectivity index (χ2v) is 4.30. The molecule has 0 aliphatic carbocycles. The highest BCUT2D eigenvalue weighted by Gasteiger charge is 2.34. The summed E-state index contributed by atoms with van der Waals surface area (Å²) in [4.78, 5) is 21.7. The monoisotopic (exact) mass is 300 g/mol. The van der Waals surface area contributed by atoms with Crippen LogP contribution in [0, 0.1) is 0 Å². The molecule has 1 aromatic rings. The lowest BCUT2D eigenvalue weighted by Gasteiger charge is -2.04. The van der Waals surface area contributed by atoms with Crippen molar-refractivity contribution in [2.75, 3.05) is 0 Å². The minimum atomic E-state index is -3.47. The molecule has 0 spiro atoms. The topological polar surface area (TPSA) is 34.1 Å². The van der Waals surface area contributed by atoms with Gasteiger partial charge in [0, 0.05) is 4.47 Å². The minimum absolute atomic E-state index is 0.0727. The van der Waals surface area contributed by atoms with Gasteiger partial charge in [-0.15, -0.1) is 11.3 Å². The van der Waals surface area contributed by atoms with E-state index in [9.17, 15) is 22.8 Å². The third kappa shape index (κ3) is 2.66. The summed E-state index contributed by atoms with van der Waals surface area (Å²) in [5.41, 5.74) is 0. The number of alkyl halides is 3. The van der Waals surface area contributed by atoms with Crippen LogP contribution in [0.25, 0.3) is 0 Å². The molecule has 0 aromatic carbocycles. The van der Waals surface area contributed by atoms with Gasteiger partial charge >= 0.3 is 0 Å². The maximum Gasteiger partial charge on any atom is 0.299 e. The molecule has 0 aliphatic rings. The van der Waals surface area contributed by atoms with Gasteiger partial charge in [0.2, 0.25) is 17.7 Å². The van der Waals surface area contributed by atoms with Crippen molar-refractivity contribution in [2.45, 2.75) is 12.6 Å². The SMILES string of the molecule is O=C(c1sccc1Br)C(F)C(=O)C(F)F. The van der Waals surface area contributed by atoms with E-state index in [1.54, 1.807) is 0 Å². The number of rotatable bonds is 4. The van der Waals surface area contributed by atoms with E-state index in [2.05, 4.69) is 15.9 Å². The zero-order valence-corrected chi connectivity index (χ0v) is 9.45. The summed E-state index contributed by atoms with van der Waals surface area (Å²) in [7, 11) is 0. The fourth-order valence-electron chi connectivity index (χ4n) is 0.824. The Balaban J connectivity index is 2.87. The molecule has 82 valence electrons. The molecule has 1 aromatic heterocycles. The average Bonchev–Trinajstić information content (AvgIpc) is 2.60. The van der Waals surface area contributed by atoms with E-state index in [4.69, 9.17) is 0 Å². The Kier molecular flexibility index (Phi) is 4.04. The van der Waals surface area contributed by atoms with Gasteiger partial charge in [-0.1, -0.05) is 0 Å². The Bertz CT molecular complexity index is 391. The van der Waals surface area contributed by atoms with Crippen LogP contribution >= 0.6 is 27.3 Å². The Morgan fingerprint density at radius 1 is 1.33 bits per heavy atom. The molecule has 2 nitrogen and oxygen atoms in total. The molecule has 0 amide bonds. The zero-order valence-electron chi connectivity index (χ0n) is 7.05. The highest BCUT2D eigenvalue weighted by Crippen LogP contribution is 2.25. The molecule has 0 radical (unpaired) electrons. The predicted molar refractivity (Wildman–Crippen MR) is 52.3 cm³/mol. The summed E-state index contributed by atoms with van der Waals surface area (Å²) < 4.78 is 36.9. The quantitative estimate of drug-likeness (QED) is 0.633. The molecule has 1 unspecified atom stereocenters. The number of carbonyl (C=O) groups excluding carboxylic acids is 2. The van der Waals surface area contributed by atoms with Gasteiger partial charge in [-0.3, -0.25) is 9.59 Å². The second-order valence-electron chi connectivity index (χ2n) is 2.53. The summed E-state index contributed by atoms with van der Waals surface area (Å²) in [6, 6.07) is 1.47. The van der Waals surface area contributed by atoms with Gasteiger partial charge in [-0.2, -0.15) is 0 Å². The highest BCUT2D eigenvalue weighted by molar-refractivity contribution is 9.10. The third-order valence-corrected chi connectivity index (χ3v) is 3.39. The smallest absolute Gasteiger partial charge is 0.289 e.